The highest BCUT2D eigenvalue weighted by Crippen LogP contribution is 2.28. The Bertz CT molecular complexity index is 726. The largest absolute Gasteiger partial charge is 0.394 e. The predicted molar refractivity (Wildman–Crippen MR) is 76.0 cm³/mol. The van der Waals surface area contributed by atoms with Gasteiger partial charge in [-0.2, -0.15) is 0 Å². The highest BCUT2D eigenvalue weighted by molar-refractivity contribution is 5.84. The van der Waals surface area contributed by atoms with Gasteiger partial charge in [0.25, 0.3) is 5.56 Å². The Morgan fingerprint density at radius 3 is 2.62 bits per heavy atom. The van der Waals surface area contributed by atoms with Gasteiger partial charge in [-0.15, -0.1) is 0 Å². The molecule has 1 aliphatic heterocycles. The number of rotatable bonds is 2. The van der Waals surface area contributed by atoms with Crippen LogP contribution in [0.1, 0.15) is 11.8 Å². The summed E-state index contributed by atoms with van der Waals surface area (Å²) in [6.07, 6.45) is -2.85. The lowest BCUT2D eigenvalue weighted by molar-refractivity contribution is -0.0541. The summed E-state index contributed by atoms with van der Waals surface area (Å²) in [5.74, 6) is 0. The number of hydrogen-bond donors (Lipinski definition) is 3. The Morgan fingerprint density at radius 2 is 1.95 bits per heavy atom. The van der Waals surface area contributed by atoms with Crippen LogP contribution in [0.2, 0.25) is 0 Å². The maximum absolute atomic E-state index is 12.5. The molecule has 21 heavy (non-hydrogen) atoms. The lowest BCUT2D eigenvalue weighted by Gasteiger charge is -2.18. The molecule has 0 spiro atoms. The van der Waals surface area contributed by atoms with Crippen molar-refractivity contribution in [1.29, 1.82) is 0 Å². The molecule has 0 aliphatic carbocycles. The number of aromatic nitrogens is 1. The third-order valence-electron chi connectivity index (χ3n) is 3.98. The Morgan fingerprint density at radius 1 is 1.19 bits per heavy atom. The zero-order valence-electron chi connectivity index (χ0n) is 11.5. The molecule has 0 unspecified atom stereocenters. The predicted octanol–water partition coefficient (Wildman–Crippen LogP) is -0.0786. The highest BCUT2D eigenvalue weighted by atomic mass is 16.6. The molecule has 6 heteroatoms. The van der Waals surface area contributed by atoms with Crippen molar-refractivity contribution in [3.63, 3.8) is 0 Å². The van der Waals surface area contributed by atoms with Gasteiger partial charge in [-0.25, -0.2) is 0 Å². The van der Waals surface area contributed by atoms with Gasteiger partial charge < -0.3 is 20.1 Å². The molecule has 3 N–H and O–H groups in total. The van der Waals surface area contributed by atoms with Gasteiger partial charge in [-0.1, -0.05) is 12.1 Å². The molecule has 3 rings (SSSR count). The second-order valence-electron chi connectivity index (χ2n) is 5.29. The highest BCUT2D eigenvalue weighted by Gasteiger charge is 2.43. The van der Waals surface area contributed by atoms with Gasteiger partial charge in [0.2, 0.25) is 0 Å². The van der Waals surface area contributed by atoms with Crippen LogP contribution in [0.25, 0.3) is 10.8 Å². The molecule has 6 nitrogen and oxygen atoms in total. The zero-order chi connectivity index (χ0) is 15.1. The molecule has 4 atom stereocenters. The van der Waals surface area contributed by atoms with Crippen LogP contribution >= 0.6 is 0 Å². The zero-order valence-corrected chi connectivity index (χ0v) is 11.5. The van der Waals surface area contributed by atoms with Crippen molar-refractivity contribution in [2.45, 2.75) is 31.5 Å². The Hall–Kier alpha value is -1.73. The van der Waals surface area contributed by atoms with Crippen LogP contribution in [0.5, 0.6) is 0 Å². The fourth-order valence-corrected chi connectivity index (χ4v) is 2.76. The molecule has 112 valence electrons. The SMILES string of the molecule is Cc1cccc2c(=O)n([C@@H]3O[C@H](CO)[C@@H](O)[C@@H]3O)ccc12. The molecule has 0 amide bonds. The van der Waals surface area contributed by atoms with Gasteiger partial charge in [0, 0.05) is 11.6 Å². The lowest BCUT2D eigenvalue weighted by Crippen LogP contribution is -2.35. The van der Waals surface area contributed by atoms with E-state index in [9.17, 15) is 15.0 Å². The normalized spacial score (nSPS) is 29.1. The Kier molecular flexibility index (Phi) is 3.54. The molecular weight excluding hydrogens is 274 g/mol. The molecule has 1 fully saturated rings. The fourth-order valence-electron chi connectivity index (χ4n) is 2.76. The first-order valence-electron chi connectivity index (χ1n) is 6.77. The van der Waals surface area contributed by atoms with Gasteiger partial charge in [0.15, 0.2) is 6.23 Å². The maximum atomic E-state index is 12.5. The van der Waals surface area contributed by atoms with Crippen LogP contribution in [-0.4, -0.2) is 44.8 Å². The number of nitrogens with zero attached hydrogens (tertiary/aromatic N) is 1. The number of benzene rings is 1. The van der Waals surface area contributed by atoms with E-state index in [2.05, 4.69) is 0 Å². The molecule has 0 radical (unpaired) electrons. The minimum Gasteiger partial charge on any atom is -0.394 e. The smallest absolute Gasteiger partial charge is 0.260 e. The van der Waals surface area contributed by atoms with E-state index in [1.807, 2.05) is 13.0 Å². The fraction of sp³-hybridized carbons (Fsp3) is 0.400. The van der Waals surface area contributed by atoms with Crippen molar-refractivity contribution in [1.82, 2.24) is 4.57 Å². The van der Waals surface area contributed by atoms with Crippen LogP contribution in [0.4, 0.5) is 0 Å². The average molecular weight is 291 g/mol. The minimum atomic E-state index is -1.26. The molecule has 1 saturated heterocycles. The second kappa shape index (κ2) is 5.23. The maximum Gasteiger partial charge on any atom is 0.260 e. The molecule has 2 heterocycles. The van der Waals surface area contributed by atoms with E-state index in [4.69, 9.17) is 9.84 Å². The van der Waals surface area contributed by atoms with Crippen molar-refractivity contribution in [2.24, 2.45) is 0 Å². The second-order valence-corrected chi connectivity index (χ2v) is 5.29. The molecule has 0 bridgehead atoms. The van der Waals surface area contributed by atoms with E-state index < -0.39 is 31.1 Å². The van der Waals surface area contributed by atoms with E-state index in [-0.39, 0.29) is 5.56 Å². The third-order valence-corrected chi connectivity index (χ3v) is 3.98. The summed E-state index contributed by atoms with van der Waals surface area (Å²) in [5.41, 5.74) is 0.684. The van der Waals surface area contributed by atoms with E-state index >= 15 is 0 Å². The van der Waals surface area contributed by atoms with E-state index in [1.165, 1.54) is 10.8 Å². The number of aliphatic hydroxyl groups excluding tert-OH is 3. The summed E-state index contributed by atoms with van der Waals surface area (Å²) in [6, 6.07) is 7.20. The van der Waals surface area contributed by atoms with Gasteiger partial charge in [-0.3, -0.25) is 9.36 Å². The molecular formula is C15H17NO5. The summed E-state index contributed by atoms with van der Waals surface area (Å²) in [7, 11) is 0. The average Bonchev–Trinajstić information content (AvgIpc) is 2.76. The third kappa shape index (κ3) is 2.16. The first-order chi connectivity index (χ1) is 10.0. The van der Waals surface area contributed by atoms with Gasteiger partial charge in [0.05, 0.1) is 6.61 Å². The first kappa shape index (κ1) is 14.2. The van der Waals surface area contributed by atoms with E-state index in [0.717, 1.165) is 10.9 Å². The number of ether oxygens (including phenoxy) is 1. The number of pyridine rings is 1. The number of hydrogen-bond acceptors (Lipinski definition) is 5. The van der Waals surface area contributed by atoms with Gasteiger partial charge in [-0.05, 0) is 30.0 Å². The molecule has 1 aromatic heterocycles. The summed E-state index contributed by atoms with van der Waals surface area (Å²) in [4.78, 5) is 12.5. The van der Waals surface area contributed by atoms with Crippen molar-refractivity contribution < 1.29 is 20.1 Å². The Balaban J connectivity index is 2.10. The lowest BCUT2D eigenvalue weighted by atomic mass is 10.1. The van der Waals surface area contributed by atoms with Crippen molar-refractivity contribution in [3.05, 3.63) is 46.4 Å². The van der Waals surface area contributed by atoms with Crippen LogP contribution < -0.4 is 5.56 Å². The molecule has 2 aromatic rings. The van der Waals surface area contributed by atoms with Gasteiger partial charge >= 0.3 is 0 Å². The summed E-state index contributed by atoms with van der Waals surface area (Å²) in [5, 5.41) is 30.3. The topological polar surface area (TPSA) is 91.9 Å². The molecule has 0 saturated carbocycles. The summed E-state index contributed by atoms with van der Waals surface area (Å²) >= 11 is 0. The van der Waals surface area contributed by atoms with E-state index in [1.54, 1.807) is 18.2 Å². The first-order valence-corrected chi connectivity index (χ1v) is 6.77. The van der Waals surface area contributed by atoms with Crippen LogP contribution in [0.3, 0.4) is 0 Å². The van der Waals surface area contributed by atoms with Crippen LogP contribution in [0.15, 0.2) is 35.3 Å². The molecule has 1 aromatic carbocycles. The molecule has 1 aliphatic rings. The van der Waals surface area contributed by atoms with Gasteiger partial charge in [0.1, 0.15) is 18.3 Å². The van der Waals surface area contributed by atoms with E-state index in [0.29, 0.717) is 5.39 Å². The standard InChI is InChI=1S/C15H17NO5/c1-8-3-2-4-10-9(8)5-6-16(14(10)20)15-13(19)12(18)11(7-17)21-15/h2-6,11-13,15,17-19H,7H2,1H3/t11-,12-,13+,15-/m1/s1. The van der Waals surface area contributed by atoms with Crippen molar-refractivity contribution in [3.8, 4) is 0 Å². The Labute approximate surface area is 120 Å². The van der Waals surface area contributed by atoms with Crippen LogP contribution in [-0.2, 0) is 4.74 Å². The summed E-state index contributed by atoms with van der Waals surface area (Å²) < 4.78 is 6.65. The summed E-state index contributed by atoms with van der Waals surface area (Å²) in [6.45, 7) is 1.49. The minimum absolute atomic E-state index is 0.300. The number of aryl methyl sites for hydroxylation is 1. The van der Waals surface area contributed by atoms with Crippen LogP contribution in [0, 0.1) is 6.92 Å². The quantitative estimate of drug-likeness (QED) is 0.720. The number of aliphatic hydroxyl groups is 3. The van der Waals surface area contributed by atoms with Crippen molar-refractivity contribution >= 4 is 10.8 Å². The van der Waals surface area contributed by atoms with Crippen molar-refractivity contribution in [2.75, 3.05) is 6.61 Å². The monoisotopic (exact) mass is 291 g/mol. The number of fused-ring (bicyclic) bond motifs is 1.